The quantitative estimate of drug-likeness (QED) is 0.174. The van der Waals surface area contributed by atoms with Gasteiger partial charge in [0.05, 0.1) is 0 Å². The molecule has 0 nitrogen and oxygen atoms in total. The van der Waals surface area contributed by atoms with Gasteiger partial charge in [0.1, 0.15) is 0 Å². The molecule has 4 aromatic carbocycles. The first-order chi connectivity index (χ1) is 15.6. The van der Waals surface area contributed by atoms with Crippen LogP contribution < -0.4 is 21.2 Å². The van der Waals surface area contributed by atoms with Crippen LogP contribution in [0.25, 0.3) is 0 Å². The van der Waals surface area contributed by atoms with Crippen LogP contribution in [-0.2, 0) is 20.4 Å². The van der Waals surface area contributed by atoms with Gasteiger partial charge in [0.15, 0.2) is 0 Å². The van der Waals surface area contributed by atoms with Crippen molar-refractivity contribution >= 4 is 37.1 Å². The van der Waals surface area contributed by atoms with Gasteiger partial charge in [-0.1, -0.05) is 149 Å². The van der Waals surface area contributed by atoms with Crippen LogP contribution in [0.3, 0.4) is 0 Å². The summed E-state index contributed by atoms with van der Waals surface area (Å²) in [5.41, 5.74) is 1.36. The van der Waals surface area contributed by atoms with E-state index in [4.69, 9.17) is 0 Å². The Kier molecular flexibility index (Phi) is 12.2. The van der Waals surface area contributed by atoms with Crippen LogP contribution in [-0.4, -0.2) is 11.3 Å². The van der Waals surface area contributed by atoms with Crippen LogP contribution in [0.4, 0.5) is 0 Å². The molecule has 0 aliphatic heterocycles. The van der Waals surface area contributed by atoms with Gasteiger partial charge in [-0.2, -0.15) is 0 Å². The average molecular weight is 563 g/mol. The molecule has 0 spiro atoms. The Labute approximate surface area is 217 Å². The van der Waals surface area contributed by atoms with Crippen LogP contribution in [0.15, 0.2) is 121 Å². The third-order valence-corrected chi connectivity index (χ3v) is 10.7. The molecule has 0 amide bonds. The van der Waals surface area contributed by atoms with Crippen molar-refractivity contribution in [2.45, 2.75) is 39.0 Å². The average Bonchev–Trinajstić information content (AvgIpc) is 2.82. The molecule has 0 saturated carbocycles. The largest absolute Gasteiger partial charge is 0.0622 e. The Hall–Kier alpha value is -1.60. The van der Waals surface area contributed by atoms with Crippen molar-refractivity contribution in [3.8, 4) is 0 Å². The molecule has 0 N–H and O–H groups in total. The monoisotopic (exact) mass is 562 g/mol. The summed E-state index contributed by atoms with van der Waals surface area (Å²) in [4.78, 5) is 0. The Morgan fingerprint density at radius 2 is 0.545 bits per heavy atom. The molecule has 0 radical (unpaired) electrons. The zero-order valence-electron chi connectivity index (χ0n) is 19.9. The third-order valence-electron chi connectivity index (χ3n) is 5.17. The van der Waals surface area contributed by atoms with E-state index in [1.807, 2.05) is 0 Å². The summed E-state index contributed by atoms with van der Waals surface area (Å²) < 4.78 is 0. The molecule has 174 valence electrons. The maximum absolute atomic E-state index is 2.31. The molecule has 4 rings (SSSR count). The molecule has 0 aromatic heterocycles. The predicted octanol–water partition coefficient (Wildman–Crippen LogP) is 7.05. The molecule has 3 heteroatoms. The zero-order chi connectivity index (χ0) is 22.8. The normalized spacial score (nSPS) is 10.7. The van der Waals surface area contributed by atoms with E-state index in [1.165, 1.54) is 21.2 Å². The summed E-state index contributed by atoms with van der Waals surface area (Å²) in [6, 6.07) is 43.4. The number of hydrogen-bond acceptors (Lipinski definition) is 0. The summed E-state index contributed by atoms with van der Waals surface area (Å²) in [6.07, 6.45) is 0. The standard InChI is InChI=1S/2C15H17P.Pd/c2*1-13(2)16(14-9-5-3-6-10-14)15-11-7-4-8-12-15;/h2*3-13H,1-2H3;. The van der Waals surface area contributed by atoms with Gasteiger partial charge in [-0.3, -0.25) is 0 Å². The first kappa shape index (κ1) is 27.6. The second-order valence-electron chi connectivity index (χ2n) is 8.27. The maximum Gasteiger partial charge on any atom is 0 e. The van der Waals surface area contributed by atoms with Crippen molar-refractivity contribution in [2.75, 3.05) is 0 Å². The smallest absolute Gasteiger partial charge is 0 e. The first-order valence-electron chi connectivity index (χ1n) is 11.4. The van der Waals surface area contributed by atoms with Crippen molar-refractivity contribution in [1.29, 1.82) is 0 Å². The van der Waals surface area contributed by atoms with E-state index in [9.17, 15) is 0 Å². The van der Waals surface area contributed by atoms with E-state index in [-0.39, 0.29) is 36.3 Å². The second-order valence-corrected chi connectivity index (χ2v) is 13.9. The number of rotatable bonds is 6. The van der Waals surface area contributed by atoms with E-state index in [0.717, 1.165) is 0 Å². The topological polar surface area (TPSA) is 0 Å². The van der Waals surface area contributed by atoms with E-state index in [1.54, 1.807) is 0 Å². The fourth-order valence-corrected chi connectivity index (χ4v) is 8.80. The van der Waals surface area contributed by atoms with Gasteiger partial charge in [-0.25, -0.2) is 0 Å². The SMILES string of the molecule is CC(C)P(c1ccccc1)c1ccccc1.CC(C)P(c1ccccc1)c1ccccc1.[Pd]. The molecule has 0 fully saturated rings. The van der Waals surface area contributed by atoms with Crippen LogP contribution in [0.1, 0.15) is 27.7 Å². The van der Waals surface area contributed by atoms with Crippen molar-refractivity contribution in [3.05, 3.63) is 121 Å². The van der Waals surface area contributed by atoms with Crippen LogP contribution >= 0.6 is 15.8 Å². The third kappa shape index (κ3) is 8.29. The molecule has 0 aliphatic carbocycles. The van der Waals surface area contributed by atoms with Crippen LogP contribution in [0.5, 0.6) is 0 Å². The molecule has 0 atom stereocenters. The summed E-state index contributed by atoms with van der Waals surface area (Å²) in [6.45, 7) is 9.24. The molecule has 0 bridgehead atoms. The molecule has 0 saturated heterocycles. The number of hydrogen-bond donors (Lipinski definition) is 0. The van der Waals surface area contributed by atoms with Gasteiger partial charge in [-0.05, 0) is 48.4 Å². The summed E-state index contributed by atoms with van der Waals surface area (Å²) >= 11 is 0. The molecular formula is C30H34P2Pd. The minimum atomic E-state index is -0.210. The van der Waals surface area contributed by atoms with Crippen molar-refractivity contribution < 1.29 is 20.4 Å². The molecule has 4 aromatic rings. The zero-order valence-corrected chi connectivity index (χ0v) is 23.3. The Morgan fingerprint density at radius 3 is 0.697 bits per heavy atom. The van der Waals surface area contributed by atoms with Crippen molar-refractivity contribution in [3.63, 3.8) is 0 Å². The van der Waals surface area contributed by atoms with E-state index < -0.39 is 0 Å². The summed E-state index contributed by atoms with van der Waals surface area (Å²) in [5.74, 6) is 0. The van der Waals surface area contributed by atoms with Gasteiger partial charge in [0, 0.05) is 20.4 Å². The van der Waals surface area contributed by atoms with E-state index >= 15 is 0 Å². The molecule has 33 heavy (non-hydrogen) atoms. The molecule has 0 heterocycles. The Morgan fingerprint density at radius 1 is 0.364 bits per heavy atom. The minimum Gasteiger partial charge on any atom is -0.0622 e. The van der Waals surface area contributed by atoms with Gasteiger partial charge < -0.3 is 0 Å². The molecule has 0 aliphatic rings. The summed E-state index contributed by atoms with van der Waals surface area (Å²) in [7, 11) is -0.420. The Bertz CT molecular complexity index is 854. The van der Waals surface area contributed by atoms with E-state index in [2.05, 4.69) is 149 Å². The van der Waals surface area contributed by atoms with Gasteiger partial charge >= 0.3 is 0 Å². The maximum atomic E-state index is 2.31. The van der Waals surface area contributed by atoms with Crippen LogP contribution in [0, 0.1) is 0 Å². The fourth-order valence-electron chi connectivity index (χ4n) is 3.85. The first-order valence-corrected chi connectivity index (χ1v) is 14.2. The van der Waals surface area contributed by atoms with Gasteiger partial charge in [-0.15, -0.1) is 0 Å². The molecule has 0 unspecified atom stereocenters. The number of benzene rings is 4. The second kappa shape index (κ2) is 14.6. The van der Waals surface area contributed by atoms with Crippen molar-refractivity contribution in [1.82, 2.24) is 0 Å². The van der Waals surface area contributed by atoms with Crippen LogP contribution in [0.2, 0.25) is 0 Å². The van der Waals surface area contributed by atoms with Gasteiger partial charge in [0.2, 0.25) is 0 Å². The van der Waals surface area contributed by atoms with E-state index in [0.29, 0.717) is 11.3 Å². The predicted molar refractivity (Wildman–Crippen MR) is 148 cm³/mol. The summed E-state index contributed by atoms with van der Waals surface area (Å²) in [5, 5.41) is 5.88. The Balaban J connectivity index is 0.000000227. The van der Waals surface area contributed by atoms with Crippen molar-refractivity contribution in [2.24, 2.45) is 0 Å². The van der Waals surface area contributed by atoms with Gasteiger partial charge in [0.25, 0.3) is 0 Å². The minimum absolute atomic E-state index is 0. The fraction of sp³-hybridized carbons (Fsp3) is 0.200. The molecular weight excluding hydrogens is 529 g/mol.